The number of methoxy groups -OCH3 is 1. The molecule has 1 aromatic carbocycles. The quantitative estimate of drug-likeness (QED) is 0.640. The Hall–Kier alpha value is -2.61. The van der Waals surface area contributed by atoms with Gasteiger partial charge < -0.3 is 14.2 Å². The average Bonchev–Trinajstić information content (AvgIpc) is 3.08. The van der Waals surface area contributed by atoms with Crippen molar-refractivity contribution < 1.29 is 22.4 Å². The van der Waals surface area contributed by atoms with E-state index in [0.717, 1.165) is 37.2 Å². The minimum absolute atomic E-state index is 0.0954. The van der Waals surface area contributed by atoms with Gasteiger partial charge in [0.15, 0.2) is 0 Å². The Balaban J connectivity index is 1.84. The molecule has 0 amide bonds. The smallest absolute Gasteiger partial charge is 0.380 e. The zero-order valence-electron chi connectivity index (χ0n) is 15.6. The van der Waals surface area contributed by atoms with Gasteiger partial charge in [-0.3, -0.25) is 0 Å². The Bertz CT molecular complexity index is 1000. The monoisotopic (exact) mass is 391 g/mol. The van der Waals surface area contributed by atoms with Crippen molar-refractivity contribution in [2.45, 2.75) is 32.0 Å². The number of alkyl halides is 3. The van der Waals surface area contributed by atoms with Crippen LogP contribution in [0.25, 0.3) is 22.4 Å². The summed E-state index contributed by atoms with van der Waals surface area (Å²) in [6, 6.07) is 6.98. The minimum Gasteiger partial charge on any atom is -0.380 e. The van der Waals surface area contributed by atoms with Crippen molar-refractivity contribution in [3.05, 3.63) is 41.6 Å². The standard InChI is InChI=1S/C20H20F3N3O2/c1-12-18-19(28-25-12)17(26-8-4-7-15(11-26)27-2)10-16(24-18)13-5-3-6-14(9-13)20(21,22)23/h3,5-6,9-10,15H,4,7-8,11H2,1-2H3. The molecule has 1 aliphatic rings. The maximum Gasteiger partial charge on any atom is 0.416 e. The van der Waals surface area contributed by atoms with Gasteiger partial charge in [-0.1, -0.05) is 17.3 Å². The summed E-state index contributed by atoms with van der Waals surface area (Å²) in [4.78, 5) is 6.67. The molecule has 1 saturated heterocycles. The van der Waals surface area contributed by atoms with Crippen LogP contribution in [0.2, 0.25) is 0 Å². The molecule has 3 aromatic rings. The first-order valence-electron chi connectivity index (χ1n) is 9.09. The van der Waals surface area contributed by atoms with Crippen LogP contribution in [0.4, 0.5) is 18.9 Å². The number of hydrogen-bond donors (Lipinski definition) is 0. The van der Waals surface area contributed by atoms with Crippen molar-refractivity contribution in [3.63, 3.8) is 0 Å². The maximum atomic E-state index is 13.1. The number of anilines is 1. The SMILES string of the molecule is COC1CCCN(c2cc(-c3cccc(C(F)(F)F)c3)nc3c(C)noc23)C1. The Kier molecular flexibility index (Phi) is 4.74. The van der Waals surface area contributed by atoms with Gasteiger partial charge in [0.25, 0.3) is 0 Å². The molecule has 0 bridgehead atoms. The third kappa shape index (κ3) is 3.44. The van der Waals surface area contributed by atoms with E-state index in [1.165, 1.54) is 6.07 Å². The van der Waals surface area contributed by atoms with E-state index in [4.69, 9.17) is 9.26 Å². The lowest BCUT2D eigenvalue weighted by Gasteiger charge is -2.33. The normalized spacial score (nSPS) is 18.0. The third-order valence-electron chi connectivity index (χ3n) is 5.11. The summed E-state index contributed by atoms with van der Waals surface area (Å²) >= 11 is 0. The van der Waals surface area contributed by atoms with Crippen LogP contribution in [0.15, 0.2) is 34.9 Å². The lowest BCUT2D eigenvalue weighted by Crippen LogP contribution is -2.39. The van der Waals surface area contributed by atoms with E-state index in [2.05, 4.69) is 15.0 Å². The molecule has 0 aliphatic carbocycles. The van der Waals surface area contributed by atoms with E-state index < -0.39 is 11.7 Å². The van der Waals surface area contributed by atoms with Crippen molar-refractivity contribution in [1.29, 1.82) is 0 Å². The molecular weight excluding hydrogens is 371 g/mol. The summed E-state index contributed by atoms with van der Waals surface area (Å²) in [6.45, 7) is 3.25. The molecule has 0 saturated carbocycles. The molecule has 2 aromatic heterocycles. The first kappa shape index (κ1) is 18.7. The predicted molar refractivity (Wildman–Crippen MR) is 99.2 cm³/mol. The number of aryl methyl sites for hydroxylation is 1. The number of piperidine rings is 1. The van der Waals surface area contributed by atoms with Gasteiger partial charge in [0.1, 0.15) is 11.2 Å². The Labute approximate surface area is 160 Å². The van der Waals surface area contributed by atoms with Crippen LogP contribution >= 0.6 is 0 Å². The molecule has 1 atom stereocenters. The van der Waals surface area contributed by atoms with Crippen LogP contribution in [0.1, 0.15) is 24.1 Å². The molecule has 3 heterocycles. The van der Waals surface area contributed by atoms with Gasteiger partial charge in [-0.05, 0) is 38.0 Å². The molecule has 5 nitrogen and oxygen atoms in total. The maximum absolute atomic E-state index is 13.1. The molecule has 1 unspecified atom stereocenters. The number of halogens is 3. The van der Waals surface area contributed by atoms with Crippen LogP contribution in [-0.4, -0.2) is 36.4 Å². The van der Waals surface area contributed by atoms with E-state index in [9.17, 15) is 13.2 Å². The summed E-state index contributed by atoms with van der Waals surface area (Å²) < 4.78 is 50.4. The third-order valence-corrected chi connectivity index (χ3v) is 5.11. The number of fused-ring (bicyclic) bond motifs is 1. The second kappa shape index (κ2) is 7.09. The van der Waals surface area contributed by atoms with Crippen molar-refractivity contribution in [1.82, 2.24) is 10.1 Å². The van der Waals surface area contributed by atoms with Crippen LogP contribution in [0.5, 0.6) is 0 Å². The average molecular weight is 391 g/mol. The van der Waals surface area contributed by atoms with Crippen LogP contribution in [-0.2, 0) is 10.9 Å². The fraction of sp³-hybridized carbons (Fsp3) is 0.400. The number of ether oxygens (including phenoxy) is 1. The number of benzene rings is 1. The van der Waals surface area contributed by atoms with Gasteiger partial charge in [-0.15, -0.1) is 0 Å². The van der Waals surface area contributed by atoms with Gasteiger partial charge in [0.05, 0.1) is 23.0 Å². The predicted octanol–water partition coefficient (Wildman–Crippen LogP) is 4.83. The molecule has 4 rings (SSSR count). The van der Waals surface area contributed by atoms with Crippen molar-refractivity contribution in [2.24, 2.45) is 0 Å². The lowest BCUT2D eigenvalue weighted by atomic mass is 10.0. The fourth-order valence-electron chi connectivity index (χ4n) is 3.60. The molecule has 0 radical (unpaired) electrons. The van der Waals surface area contributed by atoms with Crippen LogP contribution in [0, 0.1) is 6.92 Å². The zero-order valence-corrected chi connectivity index (χ0v) is 15.6. The van der Waals surface area contributed by atoms with E-state index >= 15 is 0 Å². The number of pyridine rings is 1. The number of nitrogens with zero attached hydrogens (tertiary/aromatic N) is 3. The molecule has 28 heavy (non-hydrogen) atoms. The Morgan fingerprint density at radius 1 is 1.25 bits per heavy atom. The largest absolute Gasteiger partial charge is 0.416 e. The first-order chi connectivity index (χ1) is 13.4. The van der Waals surface area contributed by atoms with Crippen LogP contribution < -0.4 is 4.90 Å². The molecule has 8 heteroatoms. The van der Waals surface area contributed by atoms with Gasteiger partial charge in [0.2, 0.25) is 5.58 Å². The van der Waals surface area contributed by atoms with E-state index in [-0.39, 0.29) is 6.10 Å². The molecule has 1 aliphatic heterocycles. The lowest BCUT2D eigenvalue weighted by molar-refractivity contribution is -0.137. The summed E-state index contributed by atoms with van der Waals surface area (Å²) in [7, 11) is 1.68. The topological polar surface area (TPSA) is 51.4 Å². The van der Waals surface area contributed by atoms with E-state index in [1.54, 1.807) is 26.2 Å². The highest BCUT2D eigenvalue weighted by molar-refractivity contribution is 5.91. The second-order valence-electron chi connectivity index (χ2n) is 7.00. The molecule has 148 valence electrons. The highest BCUT2D eigenvalue weighted by Crippen LogP contribution is 2.36. The van der Waals surface area contributed by atoms with Crippen molar-refractivity contribution >= 4 is 16.8 Å². The van der Waals surface area contributed by atoms with Crippen molar-refractivity contribution in [3.8, 4) is 11.3 Å². The zero-order chi connectivity index (χ0) is 19.9. The summed E-state index contributed by atoms with van der Waals surface area (Å²) in [6.07, 6.45) is -2.39. The molecule has 0 N–H and O–H groups in total. The van der Waals surface area contributed by atoms with Gasteiger partial charge in [0, 0.05) is 25.8 Å². The first-order valence-corrected chi connectivity index (χ1v) is 9.09. The Morgan fingerprint density at radius 2 is 2.07 bits per heavy atom. The van der Waals surface area contributed by atoms with Crippen molar-refractivity contribution in [2.75, 3.05) is 25.1 Å². The van der Waals surface area contributed by atoms with Gasteiger partial charge in [-0.25, -0.2) is 4.98 Å². The van der Waals surface area contributed by atoms with E-state index in [1.807, 2.05) is 0 Å². The van der Waals surface area contributed by atoms with Crippen LogP contribution in [0.3, 0.4) is 0 Å². The summed E-state index contributed by atoms with van der Waals surface area (Å²) in [5.74, 6) is 0. The van der Waals surface area contributed by atoms with E-state index in [0.29, 0.717) is 34.6 Å². The summed E-state index contributed by atoms with van der Waals surface area (Å²) in [5, 5.41) is 4.01. The second-order valence-corrected chi connectivity index (χ2v) is 7.00. The minimum atomic E-state index is -4.41. The van der Waals surface area contributed by atoms with Gasteiger partial charge in [-0.2, -0.15) is 13.2 Å². The highest BCUT2D eigenvalue weighted by atomic mass is 19.4. The highest BCUT2D eigenvalue weighted by Gasteiger charge is 2.31. The molecule has 1 fully saturated rings. The van der Waals surface area contributed by atoms with Gasteiger partial charge >= 0.3 is 6.18 Å². The number of rotatable bonds is 3. The fourth-order valence-corrected chi connectivity index (χ4v) is 3.60. The Morgan fingerprint density at radius 3 is 2.82 bits per heavy atom. The molecule has 0 spiro atoms. The molecular formula is C20H20F3N3O2. The summed E-state index contributed by atoms with van der Waals surface area (Å²) in [5.41, 5.74) is 2.64. The number of aromatic nitrogens is 2. The number of hydrogen-bond acceptors (Lipinski definition) is 5.